The molecule has 0 radical (unpaired) electrons. The molecule has 0 saturated heterocycles. The summed E-state index contributed by atoms with van der Waals surface area (Å²) in [5, 5.41) is 2.97. The molecule has 2 aliphatic rings. The maximum Gasteiger partial charge on any atom is 0.260 e. The summed E-state index contributed by atoms with van der Waals surface area (Å²) < 4.78 is 5.74. The second-order valence-electron chi connectivity index (χ2n) is 6.63. The minimum atomic E-state index is -0.198. The number of anilines is 1. The van der Waals surface area contributed by atoms with Crippen LogP contribution in [0.3, 0.4) is 0 Å². The van der Waals surface area contributed by atoms with Crippen molar-refractivity contribution in [2.45, 2.75) is 39.7 Å². The van der Waals surface area contributed by atoms with E-state index in [2.05, 4.69) is 24.2 Å². The molecule has 1 atom stereocenters. The van der Waals surface area contributed by atoms with Crippen LogP contribution in [0.25, 0.3) is 0 Å². The first-order valence-electron chi connectivity index (χ1n) is 9.03. The van der Waals surface area contributed by atoms with E-state index in [1.807, 2.05) is 29.2 Å². The normalized spacial score (nSPS) is 17.7. The molecule has 1 aromatic carbocycles. The minimum absolute atomic E-state index is 0.198. The number of aliphatic imine (C=N–C) groups is 2. The lowest BCUT2D eigenvalue weighted by atomic mass is 10.1. The van der Waals surface area contributed by atoms with Gasteiger partial charge < -0.3 is 14.6 Å². The molecule has 1 unspecified atom stereocenters. The molecule has 4 rings (SSSR count). The van der Waals surface area contributed by atoms with Crippen LogP contribution in [0.1, 0.15) is 47.5 Å². The summed E-state index contributed by atoms with van der Waals surface area (Å²) in [5.41, 5.74) is 3.20. The first kappa shape index (κ1) is 16.6. The van der Waals surface area contributed by atoms with E-state index in [1.165, 1.54) is 5.56 Å². The van der Waals surface area contributed by atoms with Gasteiger partial charge in [0.2, 0.25) is 5.88 Å². The van der Waals surface area contributed by atoms with Crippen LogP contribution in [0, 0.1) is 6.92 Å². The van der Waals surface area contributed by atoms with Crippen LogP contribution in [0.2, 0.25) is 0 Å². The molecule has 26 heavy (non-hydrogen) atoms. The number of aryl methyl sites for hydroxylation is 2. The zero-order valence-corrected chi connectivity index (χ0v) is 15.2. The molecule has 6 nitrogen and oxygen atoms in total. The largest absolute Gasteiger partial charge is 0.442 e. The van der Waals surface area contributed by atoms with Crippen molar-refractivity contribution in [2.24, 2.45) is 9.98 Å². The van der Waals surface area contributed by atoms with Gasteiger partial charge in [0.05, 0.1) is 17.2 Å². The van der Waals surface area contributed by atoms with Crippen molar-refractivity contribution in [1.29, 1.82) is 0 Å². The molecule has 1 aromatic heterocycles. The molecule has 0 saturated carbocycles. The Morgan fingerprint density at radius 1 is 1.31 bits per heavy atom. The van der Waals surface area contributed by atoms with Gasteiger partial charge in [0.15, 0.2) is 0 Å². The van der Waals surface area contributed by atoms with E-state index in [9.17, 15) is 4.79 Å². The Labute approximate surface area is 152 Å². The predicted octanol–water partition coefficient (Wildman–Crippen LogP) is 3.92. The monoisotopic (exact) mass is 350 g/mol. The lowest BCUT2D eigenvalue weighted by molar-refractivity contribution is 0.102. The molecule has 1 amide bonds. The summed E-state index contributed by atoms with van der Waals surface area (Å²) in [5.74, 6) is 1.60. The van der Waals surface area contributed by atoms with Crippen molar-refractivity contribution in [2.75, 3.05) is 11.9 Å². The maximum atomic E-state index is 13.0. The van der Waals surface area contributed by atoms with E-state index in [-0.39, 0.29) is 11.9 Å². The Morgan fingerprint density at radius 3 is 2.77 bits per heavy atom. The Kier molecular flexibility index (Phi) is 4.11. The minimum Gasteiger partial charge on any atom is -0.442 e. The molecule has 0 aliphatic carbocycles. The molecule has 2 aromatic rings. The molecule has 0 spiro atoms. The van der Waals surface area contributed by atoms with Crippen molar-refractivity contribution >= 4 is 29.7 Å². The van der Waals surface area contributed by atoms with Gasteiger partial charge in [0.25, 0.3) is 5.91 Å². The Bertz CT molecular complexity index is 909. The van der Waals surface area contributed by atoms with Crippen LogP contribution in [-0.2, 0) is 6.42 Å². The average Bonchev–Trinajstić information content (AvgIpc) is 3.21. The van der Waals surface area contributed by atoms with E-state index >= 15 is 0 Å². The van der Waals surface area contributed by atoms with Crippen LogP contribution in [0.4, 0.5) is 11.6 Å². The summed E-state index contributed by atoms with van der Waals surface area (Å²) in [6.07, 6.45) is 3.66. The highest BCUT2D eigenvalue weighted by Crippen LogP contribution is 2.35. The number of fused-ring (bicyclic) bond motifs is 3. The van der Waals surface area contributed by atoms with E-state index in [0.29, 0.717) is 22.8 Å². The van der Waals surface area contributed by atoms with Crippen LogP contribution < -0.4 is 5.32 Å². The number of amidine groups is 1. The van der Waals surface area contributed by atoms with E-state index in [0.717, 1.165) is 30.9 Å². The number of hydrogen-bond acceptors (Lipinski definition) is 5. The molecule has 0 fully saturated rings. The Balaban J connectivity index is 1.68. The molecule has 134 valence electrons. The fraction of sp³-hybridized carbons (Fsp3) is 0.350. The van der Waals surface area contributed by atoms with Gasteiger partial charge in [-0.3, -0.25) is 9.79 Å². The zero-order valence-electron chi connectivity index (χ0n) is 15.2. The molecule has 6 heteroatoms. The number of furan rings is 1. The van der Waals surface area contributed by atoms with Gasteiger partial charge in [0, 0.05) is 12.2 Å². The van der Waals surface area contributed by atoms with Crippen LogP contribution in [-0.4, -0.2) is 35.6 Å². The van der Waals surface area contributed by atoms with Crippen molar-refractivity contribution in [3.63, 3.8) is 0 Å². The van der Waals surface area contributed by atoms with E-state index in [4.69, 9.17) is 9.41 Å². The number of hydrogen-bond donors (Lipinski definition) is 1. The number of nitrogens with one attached hydrogen (secondary N) is 1. The highest BCUT2D eigenvalue weighted by atomic mass is 16.4. The SMILES string of the molecule is CCc1ccc(NC(=O)c2c(C)oc3c2C2=NC(CC)CN2C=N3)cc1. The molecule has 1 N–H and O–H groups in total. The van der Waals surface area contributed by atoms with Crippen molar-refractivity contribution < 1.29 is 9.21 Å². The third-order valence-electron chi connectivity index (χ3n) is 4.91. The third kappa shape index (κ3) is 2.71. The van der Waals surface area contributed by atoms with Crippen molar-refractivity contribution in [3.05, 3.63) is 46.7 Å². The van der Waals surface area contributed by atoms with Crippen LogP contribution >= 0.6 is 0 Å². The molecule has 0 bridgehead atoms. The molecule has 3 heterocycles. The highest BCUT2D eigenvalue weighted by Gasteiger charge is 2.35. The lowest BCUT2D eigenvalue weighted by Gasteiger charge is -2.18. The topological polar surface area (TPSA) is 70.2 Å². The lowest BCUT2D eigenvalue weighted by Crippen LogP contribution is -2.31. The molecular formula is C20H22N4O2. The molecular weight excluding hydrogens is 328 g/mol. The van der Waals surface area contributed by atoms with Gasteiger partial charge in [-0.1, -0.05) is 26.0 Å². The standard InChI is InChI=1S/C20H22N4O2/c1-4-13-6-8-15(9-7-13)23-19(25)16-12(3)26-20-17(16)18-22-14(5-2)10-24(18)11-21-20/h6-9,11,14H,4-5,10H2,1-3H3,(H,23,25). The van der Waals surface area contributed by atoms with Crippen molar-refractivity contribution in [1.82, 2.24) is 4.90 Å². The van der Waals surface area contributed by atoms with Gasteiger partial charge in [0.1, 0.15) is 17.9 Å². The fourth-order valence-corrected chi connectivity index (χ4v) is 3.37. The highest BCUT2D eigenvalue weighted by molar-refractivity contribution is 6.19. The smallest absolute Gasteiger partial charge is 0.260 e. The van der Waals surface area contributed by atoms with E-state index < -0.39 is 0 Å². The number of nitrogens with zero attached hydrogens (tertiary/aromatic N) is 3. The summed E-state index contributed by atoms with van der Waals surface area (Å²) >= 11 is 0. The summed E-state index contributed by atoms with van der Waals surface area (Å²) in [6, 6.07) is 8.10. The van der Waals surface area contributed by atoms with E-state index in [1.54, 1.807) is 13.3 Å². The quantitative estimate of drug-likeness (QED) is 0.908. The van der Waals surface area contributed by atoms with Gasteiger partial charge in [-0.25, -0.2) is 4.99 Å². The predicted molar refractivity (Wildman–Crippen MR) is 103 cm³/mol. The second-order valence-corrected chi connectivity index (χ2v) is 6.63. The summed E-state index contributed by atoms with van der Waals surface area (Å²) in [4.78, 5) is 24.1. The first-order valence-corrected chi connectivity index (χ1v) is 9.03. The zero-order chi connectivity index (χ0) is 18.3. The molecule has 2 aliphatic heterocycles. The fourth-order valence-electron chi connectivity index (χ4n) is 3.37. The van der Waals surface area contributed by atoms with Gasteiger partial charge in [-0.05, 0) is 37.5 Å². The number of benzene rings is 1. The van der Waals surface area contributed by atoms with Gasteiger partial charge >= 0.3 is 0 Å². The summed E-state index contributed by atoms with van der Waals surface area (Å²) in [7, 11) is 0. The van der Waals surface area contributed by atoms with Crippen molar-refractivity contribution in [3.8, 4) is 0 Å². The second kappa shape index (κ2) is 6.44. The maximum absolute atomic E-state index is 13.0. The number of carbonyl (C=O) groups is 1. The van der Waals surface area contributed by atoms with Gasteiger partial charge in [-0.2, -0.15) is 0 Å². The number of rotatable bonds is 4. The average molecular weight is 350 g/mol. The number of carbonyl (C=O) groups excluding carboxylic acids is 1. The van der Waals surface area contributed by atoms with Crippen LogP contribution in [0.15, 0.2) is 38.7 Å². The Morgan fingerprint density at radius 2 is 2.08 bits per heavy atom. The van der Waals surface area contributed by atoms with Crippen LogP contribution in [0.5, 0.6) is 0 Å². The number of amides is 1. The summed E-state index contributed by atoms with van der Waals surface area (Å²) in [6.45, 7) is 6.80. The Hall–Kier alpha value is -2.89. The third-order valence-corrected chi connectivity index (χ3v) is 4.91. The first-order chi connectivity index (χ1) is 12.6. The van der Waals surface area contributed by atoms with Gasteiger partial charge in [-0.15, -0.1) is 0 Å².